The molecule has 0 N–H and O–H groups in total. The van der Waals surface area contributed by atoms with Crippen molar-refractivity contribution in [2.45, 2.75) is 46.5 Å². The van der Waals surface area contributed by atoms with Crippen LogP contribution in [-0.2, 0) is 9.53 Å². The molecule has 0 fully saturated rings. The highest BCUT2D eigenvalue weighted by Gasteiger charge is 2.05. The third kappa shape index (κ3) is 8.77. The fourth-order valence-electron chi connectivity index (χ4n) is 2.07. The zero-order valence-electron chi connectivity index (χ0n) is 14.3. The lowest BCUT2D eigenvalue weighted by molar-refractivity contribution is -0.116. The smallest absolute Gasteiger partial charge is 0.338 e. The Bertz CT molecular complexity index is 568. The molecule has 1 aromatic rings. The number of ether oxygens (including phenoxy) is 1. The summed E-state index contributed by atoms with van der Waals surface area (Å²) in [5, 5.41) is 0. The third-order valence-electron chi connectivity index (χ3n) is 3.46. The second kappa shape index (κ2) is 10.5. The van der Waals surface area contributed by atoms with Crippen LogP contribution in [0.3, 0.4) is 0 Å². The van der Waals surface area contributed by atoms with Crippen molar-refractivity contribution >= 4 is 11.8 Å². The summed E-state index contributed by atoms with van der Waals surface area (Å²) in [6.45, 7) is 5.98. The Morgan fingerprint density at radius 3 is 2.17 bits per heavy atom. The van der Waals surface area contributed by atoms with Gasteiger partial charge in [0.15, 0.2) is 0 Å². The van der Waals surface area contributed by atoms with Crippen LogP contribution in [0, 0.1) is 0 Å². The van der Waals surface area contributed by atoms with Crippen LogP contribution in [0.2, 0.25) is 0 Å². The minimum Gasteiger partial charge on any atom is -0.458 e. The first-order chi connectivity index (χ1) is 11.0. The quantitative estimate of drug-likeness (QED) is 0.481. The summed E-state index contributed by atoms with van der Waals surface area (Å²) in [5.74, 6) is -0.0660. The second-order valence-corrected chi connectivity index (χ2v) is 5.82. The van der Waals surface area contributed by atoms with Crippen molar-refractivity contribution in [1.29, 1.82) is 0 Å². The first-order valence-corrected chi connectivity index (χ1v) is 8.02. The highest BCUT2D eigenvalue weighted by Crippen LogP contribution is 2.10. The van der Waals surface area contributed by atoms with Crippen LogP contribution >= 0.6 is 0 Å². The summed E-state index contributed by atoms with van der Waals surface area (Å²) >= 11 is 0. The molecule has 0 saturated heterocycles. The van der Waals surface area contributed by atoms with Crippen molar-refractivity contribution in [3.05, 3.63) is 59.2 Å². The van der Waals surface area contributed by atoms with E-state index in [2.05, 4.69) is 19.1 Å². The van der Waals surface area contributed by atoms with Gasteiger partial charge in [0.1, 0.15) is 12.4 Å². The second-order valence-electron chi connectivity index (χ2n) is 5.82. The fourth-order valence-corrected chi connectivity index (χ4v) is 2.07. The molecular weight excluding hydrogens is 288 g/mol. The molecule has 0 amide bonds. The van der Waals surface area contributed by atoms with Gasteiger partial charge in [-0.05, 0) is 57.7 Å². The molecule has 1 rings (SSSR count). The van der Waals surface area contributed by atoms with E-state index in [4.69, 9.17) is 4.74 Å². The summed E-state index contributed by atoms with van der Waals surface area (Å²) in [4.78, 5) is 22.7. The molecule has 0 spiro atoms. The highest BCUT2D eigenvalue weighted by atomic mass is 16.5. The average molecular weight is 314 g/mol. The SMILES string of the molecule is CC(=O)CCC=C(C)CCC=C(C)COC(=O)c1ccccc1. The van der Waals surface area contributed by atoms with E-state index in [9.17, 15) is 9.59 Å². The lowest BCUT2D eigenvalue weighted by Gasteiger charge is -2.05. The maximum absolute atomic E-state index is 11.8. The number of ketones is 1. The van der Waals surface area contributed by atoms with E-state index in [1.54, 1.807) is 19.1 Å². The molecule has 0 bridgehead atoms. The fraction of sp³-hybridized carbons (Fsp3) is 0.400. The highest BCUT2D eigenvalue weighted by molar-refractivity contribution is 5.89. The number of Topliss-reactive ketones (excluding diaryl/α,β-unsaturated/α-hetero) is 1. The van der Waals surface area contributed by atoms with Crippen molar-refractivity contribution in [2.75, 3.05) is 6.61 Å². The number of benzene rings is 1. The van der Waals surface area contributed by atoms with E-state index in [1.165, 1.54) is 5.57 Å². The predicted molar refractivity (Wildman–Crippen MR) is 93.4 cm³/mol. The normalized spacial score (nSPS) is 12.1. The van der Waals surface area contributed by atoms with Crippen molar-refractivity contribution in [3.8, 4) is 0 Å². The molecule has 0 aliphatic rings. The van der Waals surface area contributed by atoms with Crippen LogP contribution in [0.25, 0.3) is 0 Å². The lowest BCUT2D eigenvalue weighted by atomic mass is 10.1. The zero-order valence-corrected chi connectivity index (χ0v) is 14.3. The van der Waals surface area contributed by atoms with Gasteiger partial charge in [0.05, 0.1) is 5.56 Å². The topological polar surface area (TPSA) is 43.4 Å². The molecule has 3 heteroatoms. The summed E-state index contributed by atoms with van der Waals surface area (Å²) in [6.07, 6.45) is 7.53. The van der Waals surface area contributed by atoms with Gasteiger partial charge < -0.3 is 9.53 Å². The molecule has 0 aliphatic heterocycles. The molecule has 0 atom stereocenters. The van der Waals surface area contributed by atoms with E-state index in [1.807, 2.05) is 25.1 Å². The van der Waals surface area contributed by atoms with Crippen LogP contribution in [0.4, 0.5) is 0 Å². The molecule has 0 aliphatic carbocycles. The van der Waals surface area contributed by atoms with Crippen molar-refractivity contribution < 1.29 is 14.3 Å². The average Bonchev–Trinajstić information content (AvgIpc) is 2.53. The number of rotatable bonds is 9. The van der Waals surface area contributed by atoms with Crippen molar-refractivity contribution in [1.82, 2.24) is 0 Å². The van der Waals surface area contributed by atoms with E-state index in [-0.39, 0.29) is 11.8 Å². The van der Waals surface area contributed by atoms with E-state index < -0.39 is 0 Å². The zero-order chi connectivity index (χ0) is 17.1. The van der Waals surface area contributed by atoms with Crippen molar-refractivity contribution in [2.24, 2.45) is 0 Å². The standard InChI is InChI=1S/C20H26O3/c1-16(10-8-12-18(3)21)9-7-11-17(2)15-23-20(22)19-13-5-4-6-14-19/h4-6,10-11,13-14H,7-9,12,15H2,1-3H3. The molecule has 0 heterocycles. The Morgan fingerprint density at radius 1 is 0.913 bits per heavy atom. The number of hydrogen-bond donors (Lipinski definition) is 0. The molecule has 3 nitrogen and oxygen atoms in total. The van der Waals surface area contributed by atoms with E-state index in [0.717, 1.165) is 24.8 Å². The number of esters is 1. The van der Waals surface area contributed by atoms with Gasteiger partial charge in [-0.3, -0.25) is 0 Å². The number of allylic oxidation sites excluding steroid dienone is 3. The molecule has 0 unspecified atom stereocenters. The van der Waals surface area contributed by atoms with Gasteiger partial charge in [-0.1, -0.05) is 35.9 Å². The maximum atomic E-state index is 11.8. The van der Waals surface area contributed by atoms with Crippen LogP contribution in [0.1, 0.15) is 56.8 Å². The van der Waals surface area contributed by atoms with Crippen LogP contribution < -0.4 is 0 Å². The van der Waals surface area contributed by atoms with E-state index >= 15 is 0 Å². The van der Waals surface area contributed by atoms with E-state index in [0.29, 0.717) is 18.6 Å². The summed E-state index contributed by atoms with van der Waals surface area (Å²) < 4.78 is 5.28. The Morgan fingerprint density at radius 2 is 1.52 bits per heavy atom. The van der Waals surface area contributed by atoms with Gasteiger partial charge in [-0.2, -0.15) is 0 Å². The Hall–Kier alpha value is -2.16. The van der Waals surface area contributed by atoms with Crippen LogP contribution in [0.5, 0.6) is 0 Å². The van der Waals surface area contributed by atoms with Gasteiger partial charge in [-0.15, -0.1) is 0 Å². The monoisotopic (exact) mass is 314 g/mol. The largest absolute Gasteiger partial charge is 0.458 e. The molecule has 0 saturated carbocycles. The minimum absolute atomic E-state index is 0.227. The lowest BCUT2D eigenvalue weighted by Crippen LogP contribution is -2.06. The predicted octanol–water partition coefficient (Wildman–Crippen LogP) is 4.89. The molecule has 124 valence electrons. The Kier molecular flexibility index (Phi) is 8.66. The molecule has 0 radical (unpaired) electrons. The van der Waals surface area contributed by atoms with Gasteiger partial charge in [0.2, 0.25) is 0 Å². The first-order valence-electron chi connectivity index (χ1n) is 8.02. The number of carbonyl (C=O) groups excluding carboxylic acids is 2. The number of carbonyl (C=O) groups is 2. The molecule has 1 aromatic carbocycles. The van der Waals surface area contributed by atoms with Crippen LogP contribution in [-0.4, -0.2) is 18.4 Å². The number of hydrogen-bond acceptors (Lipinski definition) is 3. The minimum atomic E-state index is -0.293. The first kappa shape index (κ1) is 18.9. The third-order valence-corrected chi connectivity index (χ3v) is 3.46. The van der Waals surface area contributed by atoms with Crippen molar-refractivity contribution in [3.63, 3.8) is 0 Å². The van der Waals surface area contributed by atoms with Crippen LogP contribution in [0.15, 0.2) is 53.6 Å². The molecule has 0 aromatic heterocycles. The van der Waals surface area contributed by atoms with Gasteiger partial charge in [-0.25, -0.2) is 4.79 Å². The summed E-state index contributed by atoms with van der Waals surface area (Å²) in [5.41, 5.74) is 2.91. The van der Waals surface area contributed by atoms with Gasteiger partial charge in [0, 0.05) is 6.42 Å². The summed E-state index contributed by atoms with van der Waals surface area (Å²) in [7, 11) is 0. The summed E-state index contributed by atoms with van der Waals surface area (Å²) in [6, 6.07) is 9.00. The van der Waals surface area contributed by atoms with Gasteiger partial charge in [0.25, 0.3) is 0 Å². The maximum Gasteiger partial charge on any atom is 0.338 e. The van der Waals surface area contributed by atoms with Gasteiger partial charge >= 0.3 is 5.97 Å². The Balaban J connectivity index is 2.29. The molecular formula is C20H26O3. The molecule has 23 heavy (non-hydrogen) atoms. The Labute approximate surface area is 139 Å².